The molecule has 6 heteroatoms. The number of amides is 1. The quantitative estimate of drug-likeness (QED) is 0.937. The summed E-state index contributed by atoms with van der Waals surface area (Å²) >= 11 is 1.38. The van der Waals surface area contributed by atoms with Gasteiger partial charge in [0.2, 0.25) is 0 Å². The number of aromatic nitrogens is 1. The molecule has 0 spiro atoms. The number of pyridine rings is 1. The Morgan fingerprint density at radius 1 is 1.22 bits per heavy atom. The Balaban J connectivity index is 1.39. The molecular formula is C17H19N3O2S. The number of rotatable bonds is 4. The van der Waals surface area contributed by atoms with Crippen molar-refractivity contribution in [3.63, 3.8) is 0 Å². The van der Waals surface area contributed by atoms with Gasteiger partial charge in [-0.25, -0.2) is 0 Å². The number of carbonyl (C=O) groups excluding carboxylic acids is 1. The summed E-state index contributed by atoms with van der Waals surface area (Å²) in [5, 5.41) is 3.93. The van der Waals surface area contributed by atoms with E-state index in [1.807, 2.05) is 12.1 Å². The summed E-state index contributed by atoms with van der Waals surface area (Å²) in [6, 6.07) is 7.56. The van der Waals surface area contributed by atoms with E-state index in [0.29, 0.717) is 10.8 Å². The van der Waals surface area contributed by atoms with Gasteiger partial charge in [-0.05, 0) is 56.1 Å². The summed E-state index contributed by atoms with van der Waals surface area (Å²) in [5.74, 6) is 1.38. The Labute approximate surface area is 139 Å². The molecule has 0 aliphatic carbocycles. The van der Waals surface area contributed by atoms with E-state index >= 15 is 0 Å². The lowest BCUT2D eigenvalue weighted by Gasteiger charge is -2.44. The van der Waals surface area contributed by atoms with Gasteiger partial charge in [-0.2, -0.15) is 0 Å². The van der Waals surface area contributed by atoms with Gasteiger partial charge >= 0.3 is 0 Å². The third-order valence-electron chi connectivity index (χ3n) is 4.65. The van der Waals surface area contributed by atoms with Crippen molar-refractivity contribution in [1.82, 2.24) is 15.2 Å². The third kappa shape index (κ3) is 3.23. The number of ether oxygens (including phenoxy) is 1. The summed E-state index contributed by atoms with van der Waals surface area (Å²) in [7, 11) is 0. The van der Waals surface area contributed by atoms with Crippen LogP contribution in [0.1, 0.15) is 22.5 Å². The Morgan fingerprint density at radius 3 is 2.70 bits per heavy atom. The van der Waals surface area contributed by atoms with Crippen molar-refractivity contribution in [3.05, 3.63) is 41.5 Å². The maximum absolute atomic E-state index is 12.5. The molecule has 5 nitrogen and oxygen atoms in total. The molecule has 3 fully saturated rings. The minimum atomic E-state index is 0.0123. The fraction of sp³-hybridized carbons (Fsp3) is 0.412. The number of piperidine rings is 3. The molecule has 1 atom stereocenters. The normalized spacial score (nSPS) is 26.0. The first kappa shape index (κ1) is 14.7. The van der Waals surface area contributed by atoms with Crippen LogP contribution < -0.4 is 10.1 Å². The van der Waals surface area contributed by atoms with Gasteiger partial charge in [0, 0.05) is 25.0 Å². The second-order valence-corrected chi connectivity index (χ2v) is 7.17. The van der Waals surface area contributed by atoms with Gasteiger partial charge < -0.3 is 15.0 Å². The van der Waals surface area contributed by atoms with E-state index < -0.39 is 0 Å². The number of nitrogens with zero attached hydrogens (tertiary/aromatic N) is 2. The van der Waals surface area contributed by atoms with Gasteiger partial charge in [-0.3, -0.25) is 9.78 Å². The maximum atomic E-state index is 12.5. The highest BCUT2D eigenvalue weighted by Crippen LogP contribution is 2.31. The summed E-state index contributed by atoms with van der Waals surface area (Å²) in [4.78, 5) is 19.6. The highest BCUT2D eigenvalue weighted by molar-refractivity contribution is 7.15. The predicted molar refractivity (Wildman–Crippen MR) is 89.0 cm³/mol. The van der Waals surface area contributed by atoms with E-state index in [0.717, 1.165) is 17.4 Å². The Morgan fingerprint density at radius 2 is 2.00 bits per heavy atom. The lowest BCUT2D eigenvalue weighted by molar-refractivity contribution is 0.0622. The Bertz CT molecular complexity index is 680. The van der Waals surface area contributed by atoms with Gasteiger partial charge in [0.25, 0.3) is 5.91 Å². The summed E-state index contributed by atoms with van der Waals surface area (Å²) < 4.78 is 5.74. The lowest BCUT2D eigenvalue weighted by Crippen LogP contribution is -2.57. The Hall–Kier alpha value is -1.92. The van der Waals surface area contributed by atoms with E-state index in [9.17, 15) is 4.79 Å². The number of carbonyl (C=O) groups is 1. The van der Waals surface area contributed by atoms with Crippen molar-refractivity contribution in [1.29, 1.82) is 0 Å². The first-order valence-electron chi connectivity index (χ1n) is 7.99. The smallest absolute Gasteiger partial charge is 0.261 e. The second-order valence-electron chi connectivity index (χ2n) is 6.12. The molecule has 3 aliphatic rings. The topological polar surface area (TPSA) is 54.5 Å². The van der Waals surface area contributed by atoms with E-state index in [1.165, 1.54) is 37.3 Å². The molecule has 0 radical (unpaired) electrons. The van der Waals surface area contributed by atoms with Crippen molar-refractivity contribution in [2.45, 2.75) is 18.9 Å². The van der Waals surface area contributed by atoms with Crippen molar-refractivity contribution >= 4 is 17.2 Å². The van der Waals surface area contributed by atoms with Crippen LogP contribution in [-0.4, -0.2) is 41.5 Å². The molecule has 3 saturated heterocycles. The standard InChI is InChI=1S/C17H19N3O2S/c21-17(19-14-11-20-9-5-12(14)6-10-20)15-1-2-16(23-15)22-13-3-7-18-8-4-13/h1-4,7-8,12,14H,5-6,9-11H2,(H,19,21). The fourth-order valence-corrected chi connectivity index (χ4v) is 4.17. The van der Waals surface area contributed by atoms with Gasteiger partial charge in [0.1, 0.15) is 5.75 Å². The fourth-order valence-electron chi connectivity index (χ4n) is 3.39. The predicted octanol–water partition coefficient (Wildman–Crippen LogP) is 2.76. The molecule has 1 unspecified atom stereocenters. The minimum absolute atomic E-state index is 0.0123. The van der Waals surface area contributed by atoms with Crippen molar-refractivity contribution in [2.24, 2.45) is 5.92 Å². The number of hydrogen-bond donors (Lipinski definition) is 1. The van der Waals surface area contributed by atoms with Gasteiger partial charge in [-0.15, -0.1) is 0 Å². The van der Waals surface area contributed by atoms with Crippen LogP contribution in [0.25, 0.3) is 0 Å². The maximum Gasteiger partial charge on any atom is 0.261 e. The number of fused-ring (bicyclic) bond motifs is 3. The van der Waals surface area contributed by atoms with E-state index in [1.54, 1.807) is 24.5 Å². The highest BCUT2D eigenvalue weighted by Gasteiger charge is 2.35. The number of nitrogens with one attached hydrogen (secondary N) is 1. The van der Waals surface area contributed by atoms with Crippen LogP contribution in [0.3, 0.4) is 0 Å². The molecule has 1 N–H and O–H groups in total. The summed E-state index contributed by atoms with van der Waals surface area (Å²) in [5.41, 5.74) is 0. The molecule has 1 amide bonds. The summed E-state index contributed by atoms with van der Waals surface area (Å²) in [6.45, 7) is 3.35. The van der Waals surface area contributed by atoms with Crippen LogP contribution in [0.5, 0.6) is 10.8 Å². The van der Waals surface area contributed by atoms with Gasteiger partial charge in [0.15, 0.2) is 5.06 Å². The molecule has 23 heavy (non-hydrogen) atoms. The van der Waals surface area contributed by atoms with Crippen LogP contribution in [0.4, 0.5) is 0 Å². The minimum Gasteiger partial charge on any atom is -0.447 e. The third-order valence-corrected chi connectivity index (χ3v) is 5.61. The van der Waals surface area contributed by atoms with Crippen molar-refractivity contribution in [2.75, 3.05) is 19.6 Å². The van der Waals surface area contributed by atoms with Gasteiger partial charge in [-0.1, -0.05) is 11.3 Å². The van der Waals surface area contributed by atoms with Crippen LogP contribution in [0.15, 0.2) is 36.7 Å². The summed E-state index contributed by atoms with van der Waals surface area (Å²) in [6.07, 6.45) is 5.77. The average molecular weight is 329 g/mol. The molecule has 3 aliphatic heterocycles. The van der Waals surface area contributed by atoms with Crippen LogP contribution >= 0.6 is 11.3 Å². The molecule has 0 aromatic carbocycles. The first-order chi connectivity index (χ1) is 11.3. The van der Waals surface area contributed by atoms with Crippen molar-refractivity contribution in [3.8, 4) is 10.8 Å². The number of thiophene rings is 1. The number of hydrogen-bond acceptors (Lipinski definition) is 5. The molecule has 2 aromatic rings. The zero-order valence-electron chi connectivity index (χ0n) is 12.8. The highest BCUT2D eigenvalue weighted by atomic mass is 32.1. The SMILES string of the molecule is O=C(NC1CN2CCC1CC2)c1ccc(Oc2ccncc2)s1. The largest absolute Gasteiger partial charge is 0.447 e. The Kier molecular flexibility index (Phi) is 4.01. The molecular weight excluding hydrogens is 310 g/mol. The second kappa shape index (κ2) is 6.29. The van der Waals surface area contributed by atoms with Gasteiger partial charge in [0.05, 0.1) is 4.88 Å². The van der Waals surface area contributed by atoms with Crippen LogP contribution in [0, 0.1) is 5.92 Å². The van der Waals surface area contributed by atoms with Crippen molar-refractivity contribution < 1.29 is 9.53 Å². The van der Waals surface area contributed by atoms with E-state index in [4.69, 9.17) is 4.74 Å². The molecule has 0 saturated carbocycles. The van der Waals surface area contributed by atoms with Crippen LogP contribution in [0.2, 0.25) is 0 Å². The zero-order chi connectivity index (χ0) is 15.6. The zero-order valence-corrected chi connectivity index (χ0v) is 13.6. The first-order valence-corrected chi connectivity index (χ1v) is 8.80. The lowest BCUT2D eigenvalue weighted by atomic mass is 9.84. The average Bonchev–Trinajstić information content (AvgIpc) is 3.05. The monoisotopic (exact) mass is 329 g/mol. The molecule has 120 valence electrons. The molecule has 2 aromatic heterocycles. The molecule has 2 bridgehead atoms. The van der Waals surface area contributed by atoms with E-state index in [-0.39, 0.29) is 11.9 Å². The molecule has 5 heterocycles. The van der Waals surface area contributed by atoms with E-state index in [2.05, 4.69) is 15.2 Å². The molecule has 5 rings (SSSR count). The van der Waals surface area contributed by atoms with Crippen LogP contribution in [-0.2, 0) is 0 Å².